The van der Waals surface area contributed by atoms with E-state index in [1.54, 1.807) is 11.9 Å². The van der Waals surface area contributed by atoms with Crippen LogP contribution in [0.4, 0.5) is 11.4 Å². The highest BCUT2D eigenvalue weighted by Crippen LogP contribution is 2.23. The van der Waals surface area contributed by atoms with Gasteiger partial charge in [-0.25, -0.2) is 4.72 Å². The summed E-state index contributed by atoms with van der Waals surface area (Å²) in [7, 11) is 0. The van der Waals surface area contributed by atoms with E-state index < -0.39 is 0 Å². The minimum Gasteiger partial charge on any atom is -0.399 e. The number of rotatable bonds is 14. The molecule has 5 N–H and O–H groups in total. The van der Waals surface area contributed by atoms with E-state index in [-0.39, 0.29) is 0 Å². The van der Waals surface area contributed by atoms with Crippen LogP contribution < -0.4 is 21.1 Å². The number of hydrogen-bond donors (Lipinski definition) is 3. The standard InChI is InChI=1S/C17H30N2.C9H19N3S/c1-3-5-7-9-15-19(14-8-6-4-2)17-12-10-16(18)11-13-17;1-8-9(2)13-11-7-12(8)6-4-3-5-10/h10-13H,3-9,14-15,18H2,1-2H3;11H,3-7,10H2,1-2H3. The topological polar surface area (TPSA) is 70.5 Å². The Kier molecular flexibility index (Phi) is 16.2. The second-order valence-electron chi connectivity index (χ2n) is 8.65. The van der Waals surface area contributed by atoms with Crippen molar-refractivity contribution in [2.75, 3.05) is 43.5 Å². The van der Waals surface area contributed by atoms with Crippen molar-refractivity contribution >= 4 is 23.3 Å². The molecule has 184 valence electrons. The van der Waals surface area contributed by atoms with Crippen molar-refractivity contribution in [2.45, 2.75) is 85.5 Å². The van der Waals surface area contributed by atoms with Crippen LogP contribution >= 0.6 is 11.9 Å². The fraction of sp³-hybridized carbons (Fsp3) is 0.692. The third-order valence-corrected chi connectivity index (χ3v) is 6.79. The number of anilines is 2. The first-order valence-corrected chi connectivity index (χ1v) is 13.5. The SMILES string of the molecule is CC1=C(C)N(CCCCN)CNS1.CCCCCCN(CCCCC)c1ccc(N)cc1. The number of benzene rings is 1. The van der Waals surface area contributed by atoms with E-state index in [2.05, 4.69) is 54.3 Å². The Morgan fingerprint density at radius 3 is 2.16 bits per heavy atom. The van der Waals surface area contributed by atoms with E-state index >= 15 is 0 Å². The first-order valence-electron chi connectivity index (χ1n) is 12.7. The Morgan fingerprint density at radius 1 is 0.906 bits per heavy atom. The Hall–Kier alpha value is -1.37. The monoisotopic (exact) mass is 463 g/mol. The van der Waals surface area contributed by atoms with Gasteiger partial charge in [-0.05, 0) is 82.3 Å². The van der Waals surface area contributed by atoms with E-state index in [1.165, 1.54) is 80.7 Å². The van der Waals surface area contributed by atoms with Gasteiger partial charge in [0.2, 0.25) is 0 Å². The average molecular weight is 464 g/mol. The lowest BCUT2D eigenvalue weighted by molar-refractivity contribution is 0.330. The molecule has 0 unspecified atom stereocenters. The minimum atomic E-state index is 0.803. The molecule has 0 saturated carbocycles. The molecule has 0 bridgehead atoms. The maximum Gasteiger partial charge on any atom is 0.0774 e. The zero-order valence-corrected chi connectivity index (χ0v) is 22.0. The summed E-state index contributed by atoms with van der Waals surface area (Å²) in [5.74, 6) is 0. The van der Waals surface area contributed by atoms with Gasteiger partial charge in [0.15, 0.2) is 0 Å². The van der Waals surface area contributed by atoms with Gasteiger partial charge in [0.1, 0.15) is 0 Å². The fourth-order valence-electron chi connectivity index (χ4n) is 3.66. The molecular formula is C26H49N5S. The van der Waals surface area contributed by atoms with Crippen molar-refractivity contribution in [3.05, 3.63) is 34.9 Å². The van der Waals surface area contributed by atoms with E-state index in [1.807, 2.05) is 12.1 Å². The Morgan fingerprint density at radius 2 is 1.53 bits per heavy atom. The van der Waals surface area contributed by atoms with Crippen molar-refractivity contribution in [1.29, 1.82) is 0 Å². The molecule has 0 spiro atoms. The molecule has 5 nitrogen and oxygen atoms in total. The van der Waals surface area contributed by atoms with Gasteiger partial charge >= 0.3 is 0 Å². The molecule has 1 aromatic carbocycles. The van der Waals surface area contributed by atoms with Crippen molar-refractivity contribution in [1.82, 2.24) is 9.62 Å². The molecule has 0 aliphatic carbocycles. The highest BCUT2D eigenvalue weighted by molar-refractivity contribution is 8.01. The van der Waals surface area contributed by atoms with Crippen LogP contribution in [-0.4, -0.2) is 37.7 Å². The van der Waals surface area contributed by atoms with Crippen LogP contribution in [-0.2, 0) is 0 Å². The predicted octanol–water partition coefficient (Wildman–Crippen LogP) is 6.33. The number of hydrogen-bond acceptors (Lipinski definition) is 6. The molecule has 0 radical (unpaired) electrons. The third-order valence-electron chi connectivity index (χ3n) is 5.92. The molecule has 1 aliphatic rings. The van der Waals surface area contributed by atoms with E-state index in [0.717, 1.165) is 31.9 Å². The largest absolute Gasteiger partial charge is 0.399 e. The number of nitrogen functional groups attached to an aromatic ring is 1. The fourth-order valence-corrected chi connectivity index (χ4v) is 4.38. The lowest BCUT2D eigenvalue weighted by Gasteiger charge is -2.31. The summed E-state index contributed by atoms with van der Waals surface area (Å²) in [6, 6.07) is 8.32. The predicted molar refractivity (Wildman–Crippen MR) is 146 cm³/mol. The summed E-state index contributed by atoms with van der Waals surface area (Å²) in [4.78, 5) is 6.27. The van der Waals surface area contributed by atoms with Gasteiger partial charge < -0.3 is 21.3 Å². The highest BCUT2D eigenvalue weighted by atomic mass is 32.2. The molecule has 6 heteroatoms. The van der Waals surface area contributed by atoms with Gasteiger partial charge in [0.25, 0.3) is 0 Å². The van der Waals surface area contributed by atoms with Crippen LogP contribution in [0.2, 0.25) is 0 Å². The molecule has 2 rings (SSSR count). The number of unbranched alkanes of at least 4 members (excludes halogenated alkanes) is 6. The highest BCUT2D eigenvalue weighted by Gasteiger charge is 2.12. The normalized spacial score (nSPS) is 13.7. The van der Waals surface area contributed by atoms with Gasteiger partial charge in [-0.15, -0.1) is 0 Å². The Balaban J connectivity index is 0.000000343. The van der Waals surface area contributed by atoms with Gasteiger partial charge in [-0.1, -0.05) is 46.0 Å². The van der Waals surface area contributed by atoms with Crippen molar-refractivity contribution in [2.24, 2.45) is 5.73 Å². The number of nitrogens with two attached hydrogens (primary N) is 2. The molecule has 1 aliphatic heterocycles. The van der Waals surface area contributed by atoms with E-state index in [9.17, 15) is 0 Å². The van der Waals surface area contributed by atoms with Gasteiger partial charge in [0.05, 0.1) is 6.67 Å². The summed E-state index contributed by atoms with van der Waals surface area (Å²) < 4.78 is 3.30. The molecule has 0 saturated heterocycles. The van der Waals surface area contributed by atoms with Crippen molar-refractivity contribution < 1.29 is 0 Å². The second-order valence-corrected chi connectivity index (χ2v) is 9.76. The van der Waals surface area contributed by atoms with Gasteiger partial charge in [-0.3, -0.25) is 0 Å². The van der Waals surface area contributed by atoms with Crippen LogP contribution in [0.15, 0.2) is 34.9 Å². The van der Waals surface area contributed by atoms with Crippen LogP contribution in [0.25, 0.3) is 0 Å². The molecule has 0 atom stereocenters. The maximum atomic E-state index is 5.77. The number of nitrogens with zero attached hydrogens (tertiary/aromatic N) is 2. The van der Waals surface area contributed by atoms with Crippen LogP contribution in [0.5, 0.6) is 0 Å². The van der Waals surface area contributed by atoms with Gasteiger partial charge in [0, 0.05) is 41.6 Å². The number of nitrogens with one attached hydrogen (secondary N) is 1. The third kappa shape index (κ3) is 12.0. The molecule has 32 heavy (non-hydrogen) atoms. The zero-order valence-electron chi connectivity index (χ0n) is 21.2. The Bertz CT molecular complexity index is 617. The van der Waals surface area contributed by atoms with E-state index in [4.69, 9.17) is 11.5 Å². The number of allylic oxidation sites excluding steroid dienone is 2. The quantitative estimate of drug-likeness (QED) is 0.170. The summed E-state index contributed by atoms with van der Waals surface area (Å²) in [5.41, 5.74) is 14.8. The Labute approximate surface area is 202 Å². The molecule has 0 amide bonds. The summed E-state index contributed by atoms with van der Waals surface area (Å²) in [6.07, 6.45) is 11.5. The van der Waals surface area contributed by atoms with Crippen molar-refractivity contribution in [3.8, 4) is 0 Å². The summed E-state index contributed by atoms with van der Waals surface area (Å²) >= 11 is 1.73. The van der Waals surface area contributed by atoms with Crippen LogP contribution in [0, 0.1) is 0 Å². The average Bonchev–Trinajstić information content (AvgIpc) is 2.80. The molecular weight excluding hydrogens is 414 g/mol. The molecule has 1 aromatic rings. The molecule has 1 heterocycles. The lowest BCUT2D eigenvalue weighted by atomic mass is 10.1. The van der Waals surface area contributed by atoms with Crippen LogP contribution in [0.1, 0.15) is 85.5 Å². The van der Waals surface area contributed by atoms with Gasteiger partial charge in [-0.2, -0.15) is 0 Å². The van der Waals surface area contributed by atoms with Crippen molar-refractivity contribution in [3.63, 3.8) is 0 Å². The first kappa shape index (κ1) is 28.7. The lowest BCUT2D eigenvalue weighted by Crippen LogP contribution is -2.34. The molecule has 0 aromatic heterocycles. The summed E-state index contributed by atoms with van der Waals surface area (Å²) in [6.45, 7) is 14.1. The maximum absolute atomic E-state index is 5.77. The first-order chi connectivity index (χ1) is 15.5. The van der Waals surface area contributed by atoms with E-state index in [0.29, 0.717) is 0 Å². The zero-order chi connectivity index (χ0) is 23.6. The molecule has 0 fully saturated rings. The van der Waals surface area contributed by atoms with Crippen LogP contribution in [0.3, 0.4) is 0 Å². The minimum absolute atomic E-state index is 0.803. The second kappa shape index (κ2) is 18.1. The smallest absolute Gasteiger partial charge is 0.0774 e. The summed E-state index contributed by atoms with van der Waals surface area (Å²) in [5, 5.41) is 0.